The minimum atomic E-state index is -0.615. The molecule has 0 atom stereocenters. The number of nitro groups is 1. The molecule has 0 saturated carbocycles. The molecule has 0 fully saturated rings. The van der Waals surface area contributed by atoms with Gasteiger partial charge in [0.15, 0.2) is 11.5 Å². The SMILES string of the molecule is CCOc1cc(/C=N/NC(=O)c2ccc(COc3ccc(-n4c(C)ccc4C)cc3)o2)cc([N+](=O)[O-])c1OCc1ccc(Cl)c(Cl)c1. The molecule has 1 amide bonds. The third kappa shape index (κ3) is 8.13. The van der Waals surface area contributed by atoms with E-state index in [9.17, 15) is 14.9 Å². The number of hydrogen-bond acceptors (Lipinski definition) is 8. The number of ether oxygens (including phenoxy) is 3. The molecule has 0 unspecified atom stereocenters. The fourth-order valence-corrected chi connectivity index (χ4v) is 5.05. The second-order valence-corrected chi connectivity index (χ2v) is 11.1. The van der Waals surface area contributed by atoms with Gasteiger partial charge < -0.3 is 23.2 Å². The van der Waals surface area contributed by atoms with E-state index in [2.05, 4.69) is 27.2 Å². The Bertz CT molecular complexity index is 1910. The van der Waals surface area contributed by atoms with Gasteiger partial charge in [0.1, 0.15) is 24.7 Å². The molecule has 0 radical (unpaired) electrons. The second kappa shape index (κ2) is 14.9. The average molecular weight is 678 g/mol. The maximum atomic E-state index is 12.7. The Hall–Kier alpha value is -5.26. The van der Waals surface area contributed by atoms with E-state index in [0.717, 1.165) is 17.1 Å². The van der Waals surface area contributed by atoms with E-state index in [1.54, 1.807) is 31.2 Å². The second-order valence-electron chi connectivity index (χ2n) is 10.3. The molecule has 5 rings (SSSR count). The third-order valence-corrected chi connectivity index (χ3v) is 7.67. The Morgan fingerprint density at radius 1 is 0.936 bits per heavy atom. The molecule has 5 aromatic rings. The van der Waals surface area contributed by atoms with Crippen LogP contribution in [0.5, 0.6) is 17.2 Å². The standard InChI is InChI=1S/C34H30Cl2N4O7/c1-4-44-32-17-24(16-30(40(42)43)33(32)46-19-23-7-13-28(35)29(36)15-23)18-37-38-34(41)31-14-12-27(47-31)20-45-26-10-8-25(9-11-26)39-21(2)5-6-22(39)3/h5-18H,4,19-20H2,1-3H3,(H,38,41)/b37-18+. The number of nitro benzene ring substituents is 1. The summed E-state index contributed by atoms with van der Waals surface area (Å²) < 4.78 is 25.0. The Kier molecular flexibility index (Phi) is 10.5. The molecule has 0 bridgehead atoms. The number of amides is 1. The average Bonchev–Trinajstić information content (AvgIpc) is 3.67. The largest absolute Gasteiger partial charge is 0.490 e. The van der Waals surface area contributed by atoms with Gasteiger partial charge in [-0.1, -0.05) is 29.3 Å². The first-order valence-electron chi connectivity index (χ1n) is 14.4. The maximum absolute atomic E-state index is 12.7. The molecule has 0 saturated heterocycles. The van der Waals surface area contributed by atoms with Crippen molar-refractivity contribution in [1.29, 1.82) is 0 Å². The van der Waals surface area contributed by atoms with E-state index in [-0.39, 0.29) is 42.8 Å². The van der Waals surface area contributed by atoms with Crippen LogP contribution in [0.4, 0.5) is 5.69 Å². The van der Waals surface area contributed by atoms with Crippen LogP contribution in [-0.4, -0.2) is 28.2 Å². The quantitative estimate of drug-likeness (QED) is 0.0755. The van der Waals surface area contributed by atoms with E-state index in [1.807, 2.05) is 38.1 Å². The lowest BCUT2D eigenvalue weighted by atomic mass is 10.1. The van der Waals surface area contributed by atoms with Crippen molar-refractivity contribution in [2.45, 2.75) is 34.0 Å². The van der Waals surface area contributed by atoms with Crippen molar-refractivity contribution in [3.8, 4) is 22.9 Å². The summed E-state index contributed by atoms with van der Waals surface area (Å²) in [6.45, 7) is 6.15. The van der Waals surface area contributed by atoms with E-state index in [1.165, 1.54) is 24.4 Å². The first kappa shape index (κ1) is 33.1. The molecule has 0 spiro atoms. The number of carbonyl (C=O) groups excluding carboxylic acids is 1. The highest BCUT2D eigenvalue weighted by Gasteiger charge is 2.23. The van der Waals surface area contributed by atoms with Crippen molar-refractivity contribution in [3.63, 3.8) is 0 Å². The Balaban J connectivity index is 1.20. The fourth-order valence-electron chi connectivity index (χ4n) is 4.73. The monoisotopic (exact) mass is 676 g/mol. The van der Waals surface area contributed by atoms with Crippen molar-refractivity contribution < 1.29 is 28.3 Å². The summed E-state index contributed by atoms with van der Waals surface area (Å²) >= 11 is 12.0. The minimum Gasteiger partial charge on any atom is -0.490 e. The van der Waals surface area contributed by atoms with Crippen molar-refractivity contribution in [1.82, 2.24) is 9.99 Å². The van der Waals surface area contributed by atoms with Crippen LogP contribution in [-0.2, 0) is 13.2 Å². The number of carbonyl (C=O) groups is 1. The number of furan rings is 1. The molecular formula is C34H30Cl2N4O7. The predicted molar refractivity (Wildman–Crippen MR) is 178 cm³/mol. The van der Waals surface area contributed by atoms with E-state index >= 15 is 0 Å². The summed E-state index contributed by atoms with van der Waals surface area (Å²) in [6, 6.07) is 22.6. The molecule has 0 aliphatic rings. The van der Waals surface area contributed by atoms with Gasteiger partial charge in [-0.2, -0.15) is 5.10 Å². The summed E-state index contributed by atoms with van der Waals surface area (Å²) in [4.78, 5) is 24.0. The number of rotatable bonds is 13. The zero-order chi connectivity index (χ0) is 33.5. The smallest absolute Gasteiger partial charge is 0.315 e. The van der Waals surface area contributed by atoms with Gasteiger partial charge in [-0.25, -0.2) is 5.43 Å². The molecule has 242 valence electrons. The zero-order valence-electron chi connectivity index (χ0n) is 25.7. The lowest BCUT2D eigenvalue weighted by molar-refractivity contribution is -0.386. The van der Waals surface area contributed by atoms with E-state index in [4.69, 9.17) is 41.8 Å². The Labute approximate surface area is 280 Å². The first-order valence-corrected chi connectivity index (χ1v) is 15.2. The Morgan fingerprint density at radius 3 is 2.36 bits per heavy atom. The molecule has 0 aliphatic heterocycles. The van der Waals surface area contributed by atoms with E-state index in [0.29, 0.717) is 32.7 Å². The third-order valence-electron chi connectivity index (χ3n) is 6.93. The van der Waals surface area contributed by atoms with Crippen LogP contribution in [0.15, 0.2) is 88.4 Å². The molecule has 2 heterocycles. The summed E-state index contributed by atoms with van der Waals surface area (Å²) in [5.74, 6) is 0.562. The van der Waals surface area contributed by atoms with Gasteiger partial charge in [-0.15, -0.1) is 0 Å². The van der Waals surface area contributed by atoms with Gasteiger partial charge in [0.25, 0.3) is 0 Å². The van der Waals surface area contributed by atoms with Crippen molar-refractivity contribution in [2.75, 3.05) is 6.61 Å². The minimum absolute atomic E-state index is 0.0155. The van der Waals surface area contributed by atoms with Gasteiger partial charge in [0, 0.05) is 28.7 Å². The first-order chi connectivity index (χ1) is 22.6. The number of benzene rings is 3. The van der Waals surface area contributed by atoms with Crippen molar-refractivity contribution >= 4 is 41.0 Å². The van der Waals surface area contributed by atoms with Crippen LogP contribution in [0.25, 0.3) is 5.69 Å². The lowest BCUT2D eigenvalue weighted by Gasteiger charge is -2.13. The van der Waals surface area contributed by atoms with Crippen LogP contribution < -0.4 is 19.6 Å². The highest BCUT2D eigenvalue weighted by atomic mass is 35.5. The topological polar surface area (TPSA) is 130 Å². The molecule has 2 aromatic heterocycles. The molecule has 0 aliphatic carbocycles. The van der Waals surface area contributed by atoms with Crippen LogP contribution >= 0.6 is 23.2 Å². The molecule has 3 aromatic carbocycles. The highest BCUT2D eigenvalue weighted by Crippen LogP contribution is 2.39. The predicted octanol–water partition coefficient (Wildman–Crippen LogP) is 8.22. The van der Waals surface area contributed by atoms with Crippen LogP contribution in [0.1, 0.15) is 45.8 Å². The van der Waals surface area contributed by atoms with Crippen molar-refractivity contribution in [3.05, 3.63) is 133 Å². The van der Waals surface area contributed by atoms with Gasteiger partial charge in [-0.05, 0) is 93.1 Å². The van der Waals surface area contributed by atoms with Crippen LogP contribution in [0.2, 0.25) is 10.0 Å². The fraction of sp³-hybridized carbons (Fsp3) is 0.176. The number of hydrogen-bond donors (Lipinski definition) is 1. The summed E-state index contributed by atoms with van der Waals surface area (Å²) in [5, 5.41) is 16.6. The number of halogens is 2. The van der Waals surface area contributed by atoms with Gasteiger partial charge in [-0.3, -0.25) is 14.9 Å². The maximum Gasteiger partial charge on any atom is 0.315 e. The van der Waals surface area contributed by atoms with Gasteiger partial charge in [0.2, 0.25) is 5.75 Å². The number of aromatic nitrogens is 1. The summed E-state index contributed by atoms with van der Waals surface area (Å²) in [6.07, 6.45) is 1.25. The molecule has 1 N–H and O–H groups in total. The molecule has 47 heavy (non-hydrogen) atoms. The molecule has 11 nitrogen and oxygen atoms in total. The number of hydrazone groups is 1. The summed E-state index contributed by atoms with van der Waals surface area (Å²) in [7, 11) is 0. The zero-order valence-corrected chi connectivity index (χ0v) is 27.2. The summed E-state index contributed by atoms with van der Waals surface area (Å²) in [5.41, 5.74) is 6.28. The lowest BCUT2D eigenvalue weighted by Crippen LogP contribution is -2.16. The highest BCUT2D eigenvalue weighted by molar-refractivity contribution is 6.42. The van der Waals surface area contributed by atoms with Crippen LogP contribution in [0, 0.1) is 24.0 Å². The number of nitrogens with zero attached hydrogens (tertiary/aromatic N) is 3. The van der Waals surface area contributed by atoms with Gasteiger partial charge in [0.05, 0.1) is 27.8 Å². The van der Waals surface area contributed by atoms with E-state index < -0.39 is 10.8 Å². The number of nitrogens with one attached hydrogen (secondary N) is 1. The van der Waals surface area contributed by atoms with Gasteiger partial charge >= 0.3 is 11.6 Å². The molecular weight excluding hydrogens is 647 g/mol. The van der Waals surface area contributed by atoms with Crippen molar-refractivity contribution in [2.24, 2.45) is 5.10 Å². The normalized spacial score (nSPS) is 11.1. The Morgan fingerprint density at radius 2 is 1.68 bits per heavy atom. The number of aryl methyl sites for hydroxylation is 2. The molecule has 13 heteroatoms. The van der Waals surface area contributed by atoms with Crippen LogP contribution in [0.3, 0.4) is 0 Å².